The summed E-state index contributed by atoms with van der Waals surface area (Å²) in [4.78, 5) is 28.0. The number of amides is 2. The fourth-order valence-electron chi connectivity index (χ4n) is 3.87. The van der Waals surface area contributed by atoms with Crippen LogP contribution in [0.15, 0.2) is 30.3 Å². The second kappa shape index (κ2) is 8.32. The number of aryl methyl sites for hydroxylation is 1. The standard InChI is InChI=1S/C20H28N2O2/c23-19-9-5-13-21(19)15-12-20(24)22-14-4-8-18(16-22)11-10-17-6-2-1-3-7-17/h1-3,6-7,18H,4-5,8-16H2/t18-/m0/s1. The normalized spacial score (nSPS) is 21.3. The van der Waals surface area contributed by atoms with E-state index >= 15 is 0 Å². The van der Waals surface area contributed by atoms with Gasteiger partial charge in [-0.1, -0.05) is 30.3 Å². The third-order valence-corrected chi connectivity index (χ3v) is 5.32. The monoisotopic (exact) mass is 328 g/mol. The van der Waals surface area contributed by atoms with Gasteiger partial charge < -0.3 is 9.80 Å². The van der Waals surface area contributed by atoms with Crippen LogP contribution in [0.25, 0.3) is 0 Å². The van der Waals surface area contributed by atoms with Crippen LogP contribution >= 0.6 is 0 Å². The molecule has 4 nitrogen and oxygen atoms in total. The van der Waals surface area contributed by atoms with Crippen LogP contribution in [-0.2, 0) is 16.0 Å². The maximum atomic E-state index is 12.5. The van der Waals surface area contributed by atoms with Crippen molar-refractivity contribution in [1.29, 1.82) is 0 Å². The molecule has 2 heterocycles. The molecule has 0 saturated carbocycles. The smallest absolute Gasteiger partial charge is 0.224 e. The summed E-state index contributed by atoms with van der Waals surface area (Å²) in [6.45, 7) is 3.20. The number of hydrogen-bond acceptors (Lipinski definition) is 2. The quantitative estimate of drug-likeness (QED) is 0.806. The predicted octanol–water partition coefficient (Wildman–Crippen LogP) is 2.87. The Labute approximate surface area is 144 Å². The lowest BCUT2D eigenvalue weighted by molar-refractivity contribution is -0.134. The molecule has 130 valence electrons. The van der Waals surface area contributed by atoms with Gasteiger partial charge in [0, 0.05) is 39.0 Å². The summed E-state index contributed by atoms with van der Waals surface area (Å²) in [5.74, 6) is 1.04. The van der Waals surface area contributed by atoms with E-state index in [1.807, 2.05) is 9.80 Å². The fraction of sp³-hybridized carbons (Fsp3) is 0.600. The Morgan fingerprint density at radius 1 is 1.12 bits per heavy atom. The topological polar surface area (TPSA) is 40.6 Å². The van der Waals surface area contributed by atoms with Crippen LogP contribution in [0.2, 0.25) is 0 Å². The number of piperidine rings is 1. The Bertz CT molecular complexity index is 558. The lowest BCUT2D eigenvalue weighted by atomic mass is 9.91. The van der Waals surface area contributed by atoms with Crippen molar-refractivity contribution < 1.29 is 9.59 Å². The minimum Gasteiger partial charge on any atom is -0.342 e. The van der Waals surface area contributed by atoms with E-state index in [1.165, 1.54) is 12.0 Å². The lowest BCUT2D eigenvalue weighted by Gasteiger charge is -2.33. The van der Waals surface area contributed by atoms with Crippen molar-refractivity contribution in [3.8, 4) is 0 Å². The average molecular weight is 328 g/mol. The Kier molecular flexibility index (Phi) is 5.89. The summed E-state index contributed by atoms with van der Waals surface area (Å²) >= 11 is 0. The van der Waals surface area contributed by atoms with Gasteiger partial charge in [0.2, 0.25) is 11.8 Å². The van der Waals surface area contributed by atoms with Crippen molar-refractivity contribution in [2.24, 2.45) is 5.92 Å². The third kappa shape index (κ3) is 4.59. The summed E-state index contributed by atoms with van der Waals surface area (Å²) in [6.07, 6.45) is 6.65. The van der Waals surface area contributed by atoms with Crippen molar-refractivity contribution >= 4 is 11.8 Å². The van der Waals surface area contributed by atoms with Gasteiger partial charge >= 0.3 is 0 Å². The molecule has 0 N–H and O–H groups in total. The van der Waals surface area contributed by atoms with Crippen molar-refractivity contribution in [2.45, 2.75) is 44.9 Å². The predicted molar refractivity (Wildman–Crippen MR) is 94.5 cm³/mol. The van der Waals surface area contributed by atoms with Crippen LogP contribution in [-0.4, -0.2) is 47.8 Å². The van der Waals surface area contributed by atoms with Crippen LogP contribution in [0, 0.1) is 5.92 Å². The van der Waals surface area contributed by atoms with Crippen LogP contribution in [0.4, 0.5) is 0 Å². The van der Waals surface area contributed by atoms with Gasteiger partial charge in [-0.15, -0.1) is 0 Å². The van der Waals surface area contributed by atoms with E-state index in [-0.39, 0.29) is 11.8 Å². The third-order valence-electron chi connectivity index (χ3n) is 5.32. The first-order chi connectivity index (χ1) is 11.7. The molecular weight excluding hydrogens is 300 g/mol. The molecule has 1 aromatic carbocycles. The molecule has 0 spiro atoms. The first kappa shape index (κ1) is 17.0. The average Bonchev–Trinajstić information content (AvgIpc) is 3.04. The van der Waals surface area contributed by atoms with Gasteiger partial charge in [0.05, 0.1) is 0 Å². The molecule has 2 aliphatic rings. The van der Waals surface area contributed by atoms with Crippen LogP contribution in [0.5, 0.6) is 0 Å². The summed E-state index contributed by atoms with van der Waals surface area (Å²) in [5, 5.41) is 0. The van der Waals surface area contributed by atoms with Crippen molar-refractivity contribution in [3.63, 3.8) is 0 Å². The number of benzene rings is 1. The van der Waals surface area contributed by atoms with E-state index in [0.29, 0.717) is 25.3 Å². The Balaban J connectivity index is 1.42. The largest absolute Gasteiger partial charge is 0.342 e. The number of carbonyl (C=O) groups is 2. The molecule has 0 aliphatic carbocycles. The van der Waals surface area contributed by atoms with E-state index in [0.717, 1.165) is 45.3 Å². The van der Waals surface area contributed by atoms with Crippen molar-refractivity contribution in [2.75, 3.05) is 26.2 Å². The summed E-state index contributed by atoms with van der Waals surface area (Å²) in [5.41, 5.74) is 1.38. The van der Waals surface area contributed by atoms with Gasteiger partial charge in [0.15, 0.2) is 0 Å². The van der Waals surface area contributed by atoms with E-state index < -0.39 is 0 Å². The van der Waals surface area contributed by atoms with Crippen LogP contribution in [0.3, 0.4) is 0 Å². The summed E-state index contributed by atoms with van der Waals surface area (Å²) in [7, 11) is 0. The zero-order valence-corrected chi connectivity index (χ0v) is 14.5. The highest BCUT2D eigenvalue weighted by molar-refractivity contribution is 5.80. The number of carbonyl (C=O) groups excluding carboxylic acids is 2. The minimum absolute atomic E-state index is 0.210. The molecular formula is C20H28N2O2. The maximum Gasteiger partial charge on any atom is 0.224 e. The molecule has 2 aliphatic heterocycles. The Morgan fingerprint density at radius 2 is 1.96 bits per heavy atom. The fourth-order valence-corrected chi connectivity index (χ4v) is 3.87. The van der Waals surface area contributed by atoms with Crippen LogP contribution in [0.1, 0.15) is 44.1 Å². The van der Waals surface area contributed by atoms with E-state index in [4.69, 9.17) is 0 Å². The van der Waals surface area contributed by atoms with Gasteiger partial charge in [-0.2, -0.15) is 0 Å². The van der Waals surface area contributed by atoms with E-state index in [1.54, 1.807) is 0 Å². The number of nitrogens with zero attached hydrogens (tertiary/aromatic N) is 2. The highest BCUT2D eigenvalue weighted by atomic mass is 16.2. The Hall–Kier alpha value is -1.84. The Morgan fingerprint density at radius 3 is 2.71 bits per heavy atom. The molecule has 3 rings (SSSR count). The molecule has 1 atom stereocenters. The van der Waals surface area contributed by atoms with Gasteiger partial charge in [-0.3, -0.25) is 9.59 Å². The van der Waals surface area contributed by atoms with Gasteiger partial charge in [0.1, 0.15) is 0 Å². The summed E-state index contributed by atoms with van der Waals surface area (Å²) < 4.78 is 0. The molecule has 0 radical (unpaired) electrons. The molecule has 0 unspecified atom stereocenters. The molecule has 2 fully saturated rings. The molecule has 2 amide bonds. The molecule has 0 aromatic heterocycles. The highest BCUT2D eigenvalue weighted by Gasteiger charge is 2.25. The van der Waals surface area contributed by atoms with Gasteiger partial charge in [-0.25, -0.2) is 0 Å². The lowest BCUT2D eigenvalue weighted by Crippen LogP contribution is -2.41. The zero-order chi connectivity index (χ0) is 16.8. The number of rotatable bonds is 6. The second-order valence-electron chi connectivity index (χ2n) is 7.11. The number of likely N-dealkylation sites (tertiary alicyclic amines) is 2. The molecule has 0 bridgehead atoms. The zero-order valence-electron chi connectivity index (χ0n) is 14.5. The van der Waals surface area contributed by atoms with Crippen molar-refractivity contribution in [1.82, 2.24) is 9.80 Å². The first-order valence-electron chi connectivity index (χ1n) is 9.32. The van der Waals surface area contributed by atoms with E-state index in [9.17, 15) is 9.59 Å². The molecule has 4 heteroatoms. The van der Waals surface area contributed by atoms with Crippen molar-refractivity contribution in [3.05, 3.63) is 35.9 Å². The second-order valence-corrected chi connectivity index (χ2v) is 7.11. The highest BCUT2D eigenvalue weighted by Crippen LogP contribution is 2.22. The molecule has 24 heavy (non-hydrogen) atoms. The first-order valence-corrected chi connectivity index (χ1v) is 9.32. The van der Waals surface area contributed by atoms with E-state index in [2.05, 4.69) is 30.3 Å². The molecule has 2 saturated heterocycles. The molecule has 1 aromatic rings. The van der Waals surface area contributed by atoms with Gasteiger partial charge in [-0.05, 0) is 43.6 Å². The minimum atomic E-state index is 0.210. The van der Waals surface area contributed by atoms with Crippen LogP contribution < -0.4 is 0 Å². The summed E-state index contributed by atoms with van der Waals surface area (Å²) in [6, 6.07) is 10.6. The van der Waals surface area contributed by atoms with Gasteiger partial charge in [0.25, 0.3) is 0 Å². The maximum absolute atomic E-state index is 12.5. The number of hydrogen-bond donors (Lipinski definition) is 0. The SMILES string of the molecule is O=C1CCCN1CCC(=O)N1CCC[C@@H](CCc2ccccc2)C1.